The number of amides is 1. The van der Waals surface area contributed by atoms with Gasteiger partial charge in [0.05, 0.1) is 11.7 Å². The van der Waals surface area contributed by atoms with E-state index in [1.54, 1.807) is 20.2 Å². The summed E-state index contributed by atoms with van der Waals surface area (Å²) in [5.74, 6) is -0.352. The molecular formula is C10H17N3O2S. The number of nitrogens with two attached hydrogens (primary N) is 1. The van der Waals surface area contributed by atoms with Crippen molar-refractivity contribution in [2.75, 3.05) is 7.05 Å². The normalized spacial score (nSPS) is 16.7. The van der Waals surface area contributed by atoms with Gasteiger partial charge in [-0.1, -0.05) is 18.7 Å². The molecule has 0 aromatic carbocycles. The molecule has 2 atom stereocenters. The number of carbonyl (C=O) groups excluding carboxylic acids is 1. The van der Waals surface area contributed by atoms with Gasteiger partial charge in [-0.2, -0.15) is 0 Å². The molecule has 0 aliphatic heterocycles. The number of thioether (sulfide) groups is 1. The highest BCUT2D eigenvalue weighted by Crippen LogP contribution is 2.27. The van der Waals surface area contributed by atoms with Crippen molar-refractivity contribution in [1.29, 1.82) is 0 Å². The molecule has 6 heteroatoms. The van der Waals surface area contributed by atoms with E-state index in [2.05, 4.69) is 10.3 Å². The molecule has 16 heavy (non-hydrogen) atoms. The maximum atomic E-state index is 11.3. The number of nitrogens with one attached hydrogen (secondary N) is 1. The summed E-state index contributed by atoms with van der Waals surface area (Å²) in [5.41, 5.74) is 4.66. The molecule has 1 aromatic rings. The zero-order valence-corrected chi connectivity index (χ0v) is 10.5. The van der Waals surface area contributed by atoms with Gasteiger partial charge in [0.25, 0.3) is 5.22 Å². The summed E-state index contributed by atoms with van der Waals surface area (Å²) in [6.07, 6.45) is 3.74. The van der Waals surface area contributed by atoms with Gasteiger partial charge >= 0.3 is 0 Å². The molecule has 0 saturated carbocycles. The molecule has 90 valence electrons. The van der Waals surface area contributed by atoms with Gasteiger partial charge in [-0.15, -0.1) is 0 Å². The molecule has 0 fully saturated rings. The Kier molecular flexibility index (Phi) is 4.37. The Labute approximate surface area is 99.2 Å². The van der Waals surface area contributed by atoms with Crippen LogP contribution in [0.4, 0.5) is 0 Å². The van der Waals surface area contributed by atoms with Crippen molar-refractivity contribution in [3.63, 3.8) is 0 Å². The second kappa shape index (κ2) is 5.36. The minimum absolute atomic E-state index is 0.184. The molecule has 0 saturated heterocycles. The first-order chi connectivity index (χ1) is 7.48. The van der Waals surface area contributed by atoms with Crippen molar-refractivity contribution in [3.8, 4) is 0 Å². The first-order valence-electron chi connectivity index (χ1n) is 5.03. The number of hydrogen-bond donors (Lipinski definition) is 2. The van der Waals surface area contributed by atoms with Crippen molar-refractivity contribution >= 4 is 17.7 Å². The third-order valence-electron chi connectivity index (χ3n) is 2.50. The summed E-state index contributed by atoms with van der Waals surface area (Å²) in [4.78, 5) is 15.3. The summed E-state index contributed by atoms with van der Waals surface area (Å²) in [6.45, 7) is 3.80. The Morgan fingerprint density at radius 3 is 2.94 bits per heavy atom. The standard InChI is InChI=1S/C10H17N3O2S/c1-7(16-9-13-4-5-15-9)6-10(2,12-3)8(11)14/h4-5,7,12H,6H2,1-3H3,(H2,11,14). The van der Waals surface area contributed by atoms with Gasteiger partial charge in [-0.25, -0.2) is 4.98 Å². The van der Waals surface area contributed by atoms with Crippen LogP contribution in [0.2, 0.25) is 0 Å². The van der Waals surface area contributed by atoms with E-state index < -0.39 is 5.54 Å². The van der Waals surface area contributed by atoms with Crippen LogP contribution < -0.4 is 11.1 Å². The Bertz CT molecular complexity index is 342. The molecule has 0 radical (unpaired) electrons. The Hall–Kier alpha value is -1.01. The predicted molar refractivity (Wildman–Crippen MR) is 63.1 cm³/mol. The van der Waals surface area contributed by atoms with E-state index in [4.69, 9.17) is 10.2 Å². The van der Waals surface area contributed by atoms with Crippen molar-refractivity contribution in [2.45, 2.75) is 36.3 Å². The van der Waals surface area contributed by atoms with E-state index >= 15 is 0 Å². The highest BCUT2D eigenvalue weighted by atomic mass is 32.2. The quantitative estimate of drug-likeness (QED) is 0.729. The fraction of sp³-hybridized carbons (Fsp3) is 0.600. The highest BCUT2D eigenvalue weighted by Gasteiger charge is 2.31. The largest absolute Gasteiger partial charge is 0.440 e. The van der Waals surface area contributed by atoms with Crippen LogP contribution in [-0.4, -0.2) is 28.7 Å². The molecule has 1 amide bonds. The molecule has 1 aromatic heterocycles. The lowest BCUT2D eigenvalue weighted by molar-refractivity contribution is -0.123. The second-order valence-corrected chi connectivity index (χ2v) is 5.27. The third kappa shape index (κ3) is 3.24. The van der Waals surface area contributed by atoms with Crippen molar-refractivity contribution in [2.24, 2.45) is 5.73 Å². The van der Waals surface area contributed by atoms with E-state index in [1.165, 1.54) is 18.0 Å². The van der Waals surface area contributed by atoms with Crippen LogP contribution in [0.5, 0.6) is 0 Å². The predicted octanol–water partition coefficient (Wildman–Crippen LogP) is 1.01. The van der Waals surface area contributed by atoms with Gasteiger partial charge in [0.2, 0.25) is 5.91 Å². The average molecular weight is 243 g/mol. The van der Waals surface area contributed by atoms with Crippen LogP contribution in [0.3, 0.4) is 0 Å². The number of carbonyl (C=O) groups is 1. The number of aromatic nitrogens is 1. The van der Waals surface area contributed by atoms with Gasteiger partial charge in [0.1, 0.15) is 6.26 Å². The summed E-state index contributed by atoms with van der Waals surface area (Å²) in [7, 11) is 1.73. The molecule has 5 nitrogen and oxygen atoms in total. The molecule has 0 bridgehead atoms. The zero-order chi connectivity index (χ0) is 12.2. The van der Waals surface area contributed by atoms with Crippen LogP contribution in [0, 0.1) is 0 Å². The van der Waals surface area contributed by atoms with E-state index in [1.807, 2.05) is 6.92 Å². The van der Waals surface area contributed by atoms with Gasteiger partial charge < -0.3 is 15.5 Å². The van der Waals surface area contributed by atoms with Crippen molar-refractivity contribution in [3.05, 3.63) is 12.5 Å². The molecule has 3 N–H and O–H groups in total. The summed E-state index contributed by atoms with van der Waals surface area (Å²) in [5, 5.41) is 3.74. The lowest BCUT2D eigenvalue weighted by Crippen LogP contribution is -2.52. The van der Waals surface area contributed by atoms with Crippen molar-refractivity contribution < 1.29 is 9.21 Å². The van der Waals surface area contributed by atoms with Crippen LogP contribution >= 0.6 is 11.8 Å². The molecular weight excluding hydrogens is 226 g/mol. The number of oxazole rings is 1. The minimum atomic E-state index is -0.695. The first kappa shape index (κ1) is 13.1. The molecule has 0 spiro atoms. The van der Waals surface area contributed by atoms with Gasteiger partial charge in [-0.05, 0) is 20.4 Å². The third-order valence-corrected chi connectivity index (χ3v) is 3.48. The summed E-state index contributed by atoms with van der Waals surface area (Å²) < 4.78 is 5.13. The van der Waals surface area contributed by atoms with Crippen molar-refractivity contribution in [1.82, 2.24) is 10.3 Å². The molecule has 0 aliphatic carbocycles. The minimum Gasteiger partial charge on any atom is -0.440 e. The van der Waals surface area contributed by atoms with Gasteiger partial charge in [0.15, 0.2) is 0 Å². The Morgan fingerprint density at radius 1 is 1.81 bits per heavy atom. The van der Waals surface area contributed by atoms with Crippen LogP contribution in [0.15, 0.2) is 22.1 Å². The van der Waals surface area contributed by atoms with Crippen LogP contribution in [-0.2, 0) is 4.79 Å². The number of likely N-dealkylation sites (N-methyl/N-ethyl adjacent to an activating group) is 1. The summed E-state index contributed by atoms with van der Waals surface area (Å²) in [6, 6.07) is 0. The van der Waals surface area contributed by atoms with E-state index in [-0.39, 0.29) is 11.2 Å². The Morgan fingerprint density at radius 2 is 2.50 bits per heavy atom. The second-order valence-electron chi connectivity index (χ2n) is 3.88. The molecule has 1 heterocycles. The first-order valence-corrected chi connectivity index (χ1v) is 5.91. The highest BCUT2D eigenvalue weighted by molar-refractivity contribution is 7.99. The smallest absolute Gasteiger partial charge is 0.255 e. The molecule has 2 unspecified atom stereocenters. The fourth-order valence-corrected chi connectivity index (χ4v) is 2.38. The number of rotatable bonds is 6. The van der Waals surface area contributed by atoms with Crippen LogP contribution in [0.25, 0.3) is 0 Å². The lowest BCUT2D eigenvalue weighted by atomic mass is 9.95. The maximum Gasteiger partial charge on any atom is 0.255 e. The molecule has 0 aliphatic rings. The van der Waals surface area contributed by atoms with Gasteiger partial charge in [-0.3, -0.25) is 4.79 Å². The number of nitrogens with zero attached hydrogens (tertiary/aromatic N) is 1. The Balaban J connectivity index is 2.56. The zero-order valence-electron chi connectivity index (χ0n) is 9.69. The van der Waals surface area contributed by atoms with E-state index in [0.717, 1.165) is 0 Å². The van der Waals surface area contributed by atoms with Crippen LogP contribution in [0.1, 0.15) is 20.3 Å². The topological polar surface area (TPSA) is 81.2 Å². The molecule has 1 rings (SSSR count). The number of hydrogen-bond acceptors (Lipinski definition) is 5. The average Bonchev–Trinajstić information content (AvgIpc) is 2.69. The maximum absolute atomic E-state index is 11.3. The number of primary amides is 1. The monoisotopic (exact) mass is 243 g/mol. The summed E-state index contributed by atoms with van der Waals surface area (Å²) >= 11 is 1.48. The lowest BCUT2D eigenvalue weighted by Gasteiger charge is -2.27. The van der Waals surface area contributed by atoms with Gasteiger partial charge in [0, 0.05) is 5.25 Å². The van der Waals surface area contributed by atoms with E-state index in [0.29, 0.717) is 11.6 Å². The SMILES string of the molecule is CNC(C)(CC(C)Sc1ncco1)C(N)=O. The fourth-order valence-electron chi connectivity index (χ4n) is 1.38. The van der Waals surface area contributed by atoms with E-state index in [9.17, 15) is 4.79 Å².